The Morgan fingerprint density at radius 3 is 2.82 bits per heavy atom. The SMILES string of the molecule is COC(=O)CN(C)C(=O)c1cc(N)cnc1Cl. The first-order chi connectivity index (χ1) is 7.95. The van der Waals surface area contributed by atoms with Gasteiger partial charge in [0.2, 0.25) is 0 Å². The fourth-order valence-electron chi connectivity index (χ4n) is 1.15. The van der Waals surface area contributed by atoms with Gasteiger partial charge in [0.05, 0.1) is 24.6 Å². The van der Waals surface area contributed by atoms with E-state index in [0.29, 0.717) is 5.69 Å². The van der Waals surface area contributed by atoms with Crippen molar-refractivity contribution >= 4 is 29.2 Å². The van der Waals surface area contributed by atoms with Gasteiger partial charge in [-0.2, -0.15) is 0 Å². The van der Waals surface area contributed by atoms with E-state index in [4.69, 9.17) is 17.3 Å². The number of methoxy groups -OCH3 is 1. The molecule has 0 saturated heterocycles. The van der Waals surface area contributed by atoms with Crippen molar-refractivity contribution in [2.75, 3.05) is 26.4 Å². The number of ether oxygens (including phenoxy) is 1. The fourth-order valence-corrected chi connectivity index (χ4v) is 1.33. The van der Waals surface area contributed by atoms with E-state index in [1.807, 2.05) is 0 Å². The van der Waals surface area contributed by atoms with Crippen molar-refractivity contribution in [1.82, 2.24) is 9.88 Å². The van der Waals surface area contributed by atoms with Crippen molar-refractivity contribution in [3.05, 3.63) is 23.0 Å². The molecule has 0 aliphatic rings. The van der Waals surface area contributed by atoms with Crippen LogP contribution in [0.3, 0.4) is 0 Å². The van der Waals surface area contributed by atoms with E-state index >= 15 is 0 Å². The number of nitrogens with two attached hydrogens (primary N) is 1. The molecule has 0 aliphatic heterocycles. The first kappa shape index (κ1) is 13.2. The van der Waals surface area contributed by atoms with Crippen LogP contribution in [-0.4, -0.2) is 42.5 Å². The van der Waals surface area contributed by atoms with Gasteiger partial charge < -0.3 is 15.4 Å². The number of esters is 1. The number of rotatable bonds is 3. The number of likely N-dealkylation sites (N-methyl/N-ethyl adjacent to an activating group) is 1. The number of nitrogens with zero attached hydrogens (tertiary/aromatic N) is 2. The van der Waals surface area contributed by atoms with E-state index in [0.717, 1.165) is 0 Å². The average Bonchev–Trinajstić information content (AvgIpc) is 2.31. The van der Waals surface area contributed by atoms with Crippen LogP contribution >= 0.6 is 11.6 Å². The summed E-state index contributed by atoms with van der Waals surface area (Å²) in [5.74, 6) is -0.964. The number of pyridine rings is 1. The molecule has 0 unspecified atom stereocenters. The molecule has 2 N–H and O–H groups in total. The lowest BCUT2D eigenvalue weighted by atomic mass is 10.2. The minimum atomic E-state index is -0.520. The second kappa shape index (κ2) is 5.49. The molecule has 0 aromatic carbocycles. The van der Waals surface area contributed by atoms with Gasteiger partial charge in [-0.3, -0.25) is 9.59 Å². The van der Waals surface area contributed by atoms with Gasteiger partial charge in [-0.1, -0.05) is 11.6 Å². The molecule has 1 heterocycles. The van der Waals surface area contributed by atoms with Crippen molar-refractivity contribution in [3.8, 4) is 0 Å². The van der Waals surface area contributed by atoms with Crippen LogP contribution in [0.4, 0.5) is 5.69 Å². The Morgan fingerprint density at radius 1 is 1.59 bits per heavy atom. The van der Waals surface area contributed by atoms with Crippen molar-refractivity contribution in [2.45, 2.75) is 0 Å². The van der Waals surface area contributed by atoms with Crippen LogP contribution in [0.15, 0.2) is 12.3 Å². The van der Waals surface area contributed by atoms with Crippen LogP contribution in [0.1, 0.15) is 10.4 Å². The number of anilines is 1. The summed E-state index contributed by atoms with van der Waals surface area (Å²) >= 11 is 5.78. The lowest BCUT2D eigenvalue weighted by molar-refractivity contribution is -0.141. The third-order valence-corrected chi connectivity index (χ3v) is 2.33. The minimum Gasteiger partial charge on any atom is -0.468 e. The average molecular weight is 258 g/mol. The zero-order chi connectivity index (χ0) is 13.0. The number of nitrogen functional groups attached to an aromatic ring is 1. The molecule has 0 aliphatic carbocycles. The van der Waals surface area contributed by atoms with Crippen LogP contribution in [0, 0.1) is 0 Å². The molecule has 1 amide bonds. The molecule has 0 fully saturated rings. The van der Waals surface area contributed by atoms with Gasteiger partial charge in [-0.25, -0.2) is 4.98 Å². The maximum atomic E-state index is 11.9. The summed E-state index contributed by atoms with van der Waals surface area (Å²) in [6, 6.07) is 1.41. The maximum Gasteiger partial charge on any atom is 0.325 e. The molecule has 17 heavy (non-hydrogen) atoms. The molecular weight excluding hydrogens is 246 g/mol. The van der Waals surface area contributed by atoms with Crippen molar-refractivity contribution in [2.24, 2.45) is 0 Å². The van der Waals surface area contributed by atoms with E-state index in [-0.39, 0.29) is 17.3 Å². The number of hydrogen-bond acceptors (Lipinski definition) is 5. The van der Waals surface area contributed by atoms with E-state index in [1.165, 1.54) is 31.3 Å². The smallest absolute Gasteiger partial charge is 0.325 e. The third kappa shape index (κ3) is 3.32. The highest BCUT2D eigenvalue weighted by Gasteiger charge is 2.18. The standard InChI is InChI=1S/C10H12ClN3O3/c1-14(5-8(15)17-2)10(16)7-3-6(12)4-13-9(7)11/h3-4H,5,12H2,1-2H3. The Labute approximate surface area is 103 Å². The zero-order valence-corrected chi connectivity index (χ0v) is 10.2. The van der Waals surface area contributed by atoms with Crippen LogP contribution in [0.25, 0.3) is 0 Å². The summed E-state index contributed by atoms with van der Waals surface area (Å²) in [4.78, 5) is 27.9. The molecule has 1 aromatic rings. The summed E-state index contributed by atoms with van der Waals surface area (Å²) in [5, 5.41) is 0.0425. The Bertz CT molecular complexity index is 450. The maximum absolute atomic E-state index is 11.9. The molecule has 0 radical (unpaired) electrons. The predicted octanol–water partition coefficient (Wildman–Crippen LogP) is 0.562. The van der Waals surface area contributed by atoms with Gasteiger partial charge >= 0.3 is 5.97 Å². The van der Waals surface area contributed by atoms with Gasteiger partial charge in [0.25, 0.3) is 5.91 Å². The Kier molecular flexibility index (Phi) is 4.28. The summed E-state index contributed by atoms with van der Waals surface area (Å²) in [5.41, 5.74) is 5.98. The highest BCUT2D eigenvalue weighted by molar-refractivity contribution is 6.32. The first-order valence-electron chi connectivity index (χ1n) is 4.69. The summed E-state index contributed by atoms with van der Waals surface area (Å²) in [6.45, 7) is -0.166. The molecular formula is C10H12ClN3O3. The van der Waals surface area contributed by atoms with Gasteiger partial charge in [-0.15, -0.1) is 0 Å². The van der Waals surface area contributed by atoms with Crippen molar-refractivity contribution in [3.63, 3.8) is 0 Å². The van der Waals surface area contributed by atoms with Gasteiger partial charge in [-0.05, 0) is 6.07 Å². The second-order valence-corrected chi connectivity index (χ2v) is 3.70. The molecule has 92 valence electrons. The zero-order valence-electron chi connectivity index (χ0n) is 9.44. The number of carbonyl (C=O) groups is 2. The Morgan fingerprint density at radius 2 is 2.24 bits per heavy atom. The highest BCUT2D eigenvalue weighted by atomic mass is 35.5. The molecule has 1 aromatic heterocycles. The number of hydrogen-bond donors (Lipinski definition) is 1. The highest BCUT2D eigenvalue weighted by Crippen LogP contribution is 2.17. The molecule has 0 atom stereocenters. The summed E-state index contributed by atoms with van der Waals surface area (Å²) < 4.78 is 4.45. The van der Waals surface area contributed by atoms with E-state index in [9.17, 15) is 9.59 Å². The minimum absolute atomic E-state index is 0.0425. The summed E-state index contributed by atoms with van der Waals surface area (Å²) in [6.07, 6.45) is 1.35. The fraction of sp³-hybridized carbons (Fsp3) is 0.300. The van der Waals surface area contributed by atoms with Crippen LogP contribution in [0.2, 0.25) is 5.15 Å². The van der Waals surface area contributed by atoms with E-state index in [1.54, 1.807) is 0 Å². The van der Waals surface area contributed by atoms with Crippen LogP contribution in [-0.2, 0) is 9.53 Å². The predicted molar refractivity (Wildman–Crippen MR) is 62.6 cm³/mol. The molecule has 0 bridgehead atoms. The number of amides is 1. The number of carbonyl (C=O) groups excluding carboxylic acids is 2. The monoisotopic (exact) mass is 257 g/mol. The van der Waals surface area contributed by atoms with E-state index in [2.05, 4.69) is 9.72 Å². The number of aromatic nitrogens is 1. The van der Waals surface area contributed by atoms with Crippen LogP contribution < -0.4 is 5.73 Å². The van der Waals surface area contributed by atoms with Gasteiger partial charge in [0, 0.05) is 7.05 Å². The van der Waals surface area contributed by atoms with Crippen LogP contribution in [0.5, 0.6) is 0 Å². The van der Waals surface area contributed by atoms with Crippen molar-refractivity contribution < 1.29 is 14.3 Å². The molecule has 0 spiro atoms. The quantitative estimate of drug-likeness (QED) is 0.632. The van der Waals surface area contributed by atoms with Gasteiger partial charge in [0.1, 0.15) is 11.7 Å². The topological polar surface area (TPSA) is 85.5 Å². The molecule has 7 heteroatoms. The Balaban J connectivity index is 2.88. The Hall–Kier alpha value is -1.82. The number of halogens is 1. The summed E-state index contributed by atoms with van der Waals surface area (Å²) in [7, 11) is 2.70. The second-order valence-electron chi connectivity index (χ2n) is 3.34. The normalized spacial score (nSPS) is 9.82. The molecule has 6 nitrogen and oxygen atoms in total. The lowest BCUT2D eigenvalue weighted by Crippen LogP contribution is -2.33. The molecule has 0 saturated carbocycles. The largest absolute Gasteiger partial charge is 0.468 e. The lowest BCUT2D eigenvalue weighted by Gasteiger charge is -2.16. The van der Waals surface area contributed by atoms with E-state index < -0.39 is 11.9 Å². The third-order valence-electron chi connectivity index (χ3n) is 2.03. The van der Waals surface area contributed by atoms with Gasteiger partial charge in [0.15, 0.2) is 0 Å². The first-order valence-corrected chi connectivity index (χ1v) is 5.06. The molecule has 1 rings (SSSR count). The van der Waals surface area contributed by atoms with Crippen molar-refractivity contribution in [1.29, 1.82) is 0 Å².